The van der Waals surface area contributed by atoms with Crippen LogP contribution in [0.3, 0.4) is 0 Å². The fourth-order valence-corrected chi connectivity index (χ4v) is 1.87. The third-order valence-corrected chi connectivity index (χ3v) is 3.11. The number of rotatable bonds is 4. The largest absolute Gasteiger partial charge is 0.325 e. The minimum absolute atomic E-state index is 0.642. The Morgan fingerprint density at radius 3 is 2.64 bits per heavy atom. The minimum Gasteiger partial charge on any atom is -0.325 e. The molecule has 1 N–H and O–H groups in total. The zero-order valence-corrected chi connectivity index (χ0v) is 10.8. The molecule has 0 radical (unpaired) electrons. The Kier molecular flexibility index (Phi) is 4.13. The summed E-state index contributed by atoms with van der Waals surface area (Å²) in [5.74, 6) is 1.72. The van der Waals surface area contributed by atoms with Gasteiger partial charge in [0.15, 0.2) is 0 Å². The lowest BCUT2D eigenvalue weighted by molar-refractivity contribution is 0.633. The number of hydrogen-bond donors (Lipinski definition) is 1. The van der Waals surface area contributed by atoms with Gasteiger partial charge in [0.1, 0.15) is 10.4 Å². The predicted molar refractivity (Wildman–Crippen MR) is 62.2 cm³/mol. The van der Waals surface area contributed by atoms with E-state index in [0.29, 0.717) is 5.92 Å². The standard InChI is InChI=1S/C10H18BrN3/c1-7(2)5-8-10(11)14(4)9(13-8)6-12-3/h7,12H,5-6H2,1-4H3. The molecular formula is C10H18BrN3. The highest BCUT2D eigenvalue weighted by Crippen LogP contribution is 2.20. The molecule has 0 unspecified atom stereocenters. The van der Waals surface area contributed by atoms with Gasteiger partial charge in [-0.3, -0.25) is 0 Å². The van der Waals surface area contributed by atoms with E-state index in [1.165, 1.54) is 0 Å². The Morgan fingerprint density at radius 2 is 2.14 bits per heavy atom. The van der Waals surface area contributed by atoms with Gasteiger partial charge in [-0.15, -0.1) is 0 Å². The van der Waals surface area contributed by atoms with Gasteiger partial charge in [0.2, 0.25) is 0 Å². The number of nitrogens with one attached hydrogen (secondary N) is 1. The van der Waals surface area contributed by atoms with Gasteiger partial charge in [-0.2, -0.15) is 0 Å². The first kappa shape index (κ1) is 11.7. The van der Waals surface area contributed by atoms with E-state index in [1.807, 2.05) is 14.1 Å². The molecule has 1 rings (SSSR count). The molecule has 0 aliphatic carbocycles. The fourth-order valence-electron chi connectivity index (χ4n) is 1.42. The Morgan fingerprint density at radius 1 is 1.50 bits per heavy atom. The summed E-state index contributed by atoms with van der Waals surface area (Å²) < 4.78 is 3.20. The highest BCUT2D eigenvalue weighted by molar-refractivity contribution is 9.10. The van der Waals surface area contributed by atoms with Crippen molar-refractivity contribution in [3.8, 4) is 0 Å². The van der Waals surface area contributed by atoms with Crippen molar-refractivity contribution < 1.29 is 0 Å². The lowest BCUT2D eigenvalue weighted by atomic mass is 10.1. The van der Waals surface area contributed by atoms with Crippen LogP contribution in [0.5, 0.6) is 0 Å². The second kappa shape index (κ2) is 4.94. The molecule has 14 heavy (non-hydrogen) atoms. The van der Waals surface area contributed by atoms with Crippen molar-refractivity contribution in [2.45, 2.75) is 26.8 Å². The molecule has 1 heterocycles. The molecule has 80 valence electrons. The zero-order valence-electron chi connectivity index (χ0n) is 9.26. The monoisotopic (exact) mass is 259 g/mol. The van der Waals surface area contributed by atoms with E-state index < -0.39 is 0 Å². The molecule has 0 aliphatic heterocycles. The molecule has 1 aromatic rings. The molecule has 0 spiro atoms. The van der Waals surface area contributed by atoms with Gasteiger partial charge in [0.25, 0.3) is 0 Å². The molecule has 0 saturated heterocycles. The molecule has 3 nitrogen and oxygen atoms in total. The van der Waals surface area contributed by atoms with E-state index in [2.05, 4.69) is 44.6 Å². The summed E-state index contributed by atoms with van der Waals surface area (Å²) in [5.41, 5.74) is 1.16. The van der Waals surface area contributed by atoms with Crippen LogP contribution >= 0.6 is 15.9 Å². The summed E-state index contributed by atoms with van der Waals surface area (Å²) in [6.45, 7) is 5.23. The summed E-state index contributed by atoms with van der Waals surface area (Å²) in [6.07, 6.45) is 1.03. The lowest BCUT2D eigenvalue weighted by Crippen LogP contribution is -2.10. The first-order chi connectivity index (χ1) is 6.56. The number of nitrogens with zero attached hydrogens (tertiary/aromatic N) is 2. The Hall–Kier alpha value is -0.350. The van der Waals surface area contributed by atoms with Crippen molar-refractivity contribution >= 4 is 15.9 Å². The highest BCUT2D eigenvalue weighted by Gasteiger charge is 2.12. The third kappa shape index (κ3) is 2.58. The van der Waals surface area contributed by atoms with Gasteiger partial charge in [0, 0.05) is 7.05 Å². The van der Waals surface area contributed by atoms with Crippen molar-refractivity contribution in [1.29, 1.82) is 0 Å². The number of hydrogen-bond acceptors (Lipinski definition) is 2. The van der Waals surface area contributed by atoms with Gasteiger partial charge in [-0.05, 0) is 35.3 Å². The molecule has 0 fully saturated rings. The average Bonchev–Trinajstić information content (AvgIpc) is 2.34. The van der Waals surface area contributed by atoms with Crippen LogP contribution in [0.2, 0.25) is 0 Å². The quantitative estimate of drug-likeness (QED) is 0.898. The van der Waals surface area contributed by atoms with Gasteiger partial charge in [0.05, 0.1) is 12.2 Å². The maximum atomic E-state index is 4.59. The summed E-state index contributed by atoms with van der Waals surface area (Å²) in [6, 6.07) is 0. The first-order valence-electron chi connectivity index (χ1n) is 4.90. The summed E-state index contributed by atoms with van der Waals surface area (Å²) in [5, 5.41) is 3.11. The molecule has 0 saturated carbocycles. The van der Waals surface area contributed by atoms with Crippen LogP contribution in [-0.4, -0.2) is 16.6 Å². The Balaban J connectivity index is 2.90. The lowest BCUT2D eigenvalue weighted by Gasteiger charge is -2.01. The van der Waals surface area contributed by atoms with Crippen molar-refractivity contribution in [2.75, 3.05) is 7.05 Å². The second-order valence-corrected chi connectivity index (χ2v) is 4.70. The topological polar surface area (TPSA) is 29.9 Å². The van der Waals surface area contributed by atoms with Crippen LogP contribution in [0.15, 0.2) is 4.60 Å². The zero-order chi connectivity index (χ0) is 10.7. The van der Waals surface area contributed by atoms with Gasteiger partial charge >= 0.3 is 0 Å². The van der Waals surface area contributed by atoms with Crippen LogP contribution in [-0.2, 0) is 20.0 Å². The molecule has 4 heteroatoms. The molecule has 0 aromatic carbocycles. The molecule has 0 amide bonds. The van der Waals surface area contributed by atoms with Gasteiger partial charge in [-0.1, -0.05) is 13.8 Å². The molecular weight excluding hydrogens is 242 g/mol. The summed E-state index contributed by atoms with van der Waals surface area (Å²) in [4.78, 5) is 4.59. The van der Waals surface area contributed by atoms with Crippen LogP contribution in [0.1, 0.15) is 25.4 Å². The molecule has 0 atom stereocenters. The Labute approximate surface area is 94.0 Å². The van der Waals surface area contributed by atoms with Crippen LogP contribution in [0.25, 0.3) is 0 Å². The number of imidazole rings is 1. The van der Waals surface area contributed by atoms with E-state index in [1.54, 1.807) is 0 Å². The number of halogens is 1. The first-order valence-corrected chi connectivity index (χ1v) is 5.70. The van der Waals surface area contributed by atoms with E-state index in [-0.39, 0.29) is 0 Å². The van der Waals surface area contributed by atoms with Gasteiger partial charge in [-0.25, -0.2) is 4.98 Å². The normalized spacial score (nSPS) is 11.3. The number of aromatic nitrogens is 2. The van der Waals surface area contributed by atoms with Crippen molar-refractivity contribution in [3.63, 3.8) is 0 Å². The third-order valence-electron chi connectivity index (χ3n) is 2.12. The molecule has 1 aromatic heterocycles. The SMILES string of the molecule is CNCc1nc(CC(C)C)c(Br)n1C. The van der Waals surface area contributed by atoms with Crippen molar-refractivity contribution in [1.82, 2.24) is 14.9 Å². The predicted octanol–water partition coefficient (Wildman–Crippen LogP) is 2.10. The summed E-state index contributed by atoms with van der Waals surface area (Å²) in [7, 11) is 3.97. The van der Waals surface area contributed by atoms with Crippen LogP contribution in [0.4, 0.5) is 0 Å². The van der Waals surface area contributed by atoms with Gasteiger partial charge < -0.3 is 9.88 Å². The van der Waals surface area contributed by atoms with E-state index in [4.69, 9.17) is 0 Å². The smallest absolute Gasteiger partial charge is 0.123 e. The maximum absolute atomic E-state index is 4.59. The highest BCUT2D eigenvalue weighted by atomic mass is 79.9. The van der Waals surface area contributed by atoms with E-state index >= 15 is 0 Å². The van der Waals surface area contributed by atoms with E-state index in [9.17, 15) is 0 Å². The van der Waals surface area contributed by atoms with Crippen molar-refractivity contribution in [2.24, 2.45) is 13.0 Å². The maximum Gasteiger partial charge on any atom is 0.123 e. The Bertz CT molecular complexity index is 305. The van der Waals surface area contributed by atoms with Crippen LogP contribution in [0, 0.1) is 5.92 Å². The van der Waals surface area contributed by atoms with E-state index in [0.717, 1.165) is 29.1 Å². The fraction of sp³-hybridized carbons (Fsp3) is 0.700. The van der Waals surface area contributed by atoms with Crippen molar-refractivity contribution in [3.05, 3.63) is 16.1 Å². The minimum atomic E-state index is 0.642. The van der Waals surface area contributed by atoms with Crippen LogP contribution < -0.4 is 5.32 Å². The summed E-state index contributed by atoms with van der Waals surface area (Å²) >= 11 is 3.57. The average molecular weight is 260 g/mol. The molecule has 0 bridgehead atoms. The molecule has 0 aliphatic rings. The second-order valence-electron chi connectivity index (χ2n) is 3.95.